The molecule has 2 aliphatic rings. The van der Waals surface area contributed by atoms with Gasteiger partial charge in [0.25, 0.3) is 6.43 Å². The van der Waals surface area contributed by atoms with Gasteiger partial charge in [-0.25, -0.2) is 27.3 Å². The molecule has 8 nitrogen and oxygen atoms in total. The molecule has 0 saturated carbocycles. The predicted molar refractivity (Wildman–Crippen MR) is 104 cm³/mol. The van der Waals surface area contributed by atoms with Crippen molar-refractivity contribution >= 4 is 23.4 Å². The first kappa shape index (κ1) is 24.4. The molecule has 0 spiro atoms. The van der Waals surface area contributed by atoms with E-state index >= 15 is 0 Å². The van der Waals surface area contributed by atoms with E-state index in [0.717, 1.165) is 12.3 Å². The summed E-state index contributed by atoms with van der Waals surface area (Å²) in [5.41, 5.74) is 10.5. The Morgan fingerprint density at radius 3 is 2.65 bits per heavy atom. The van der Waals surface area contributed by atoms with Crippen LogP contribution in [0.1, 0.15) is 16.9 Å². The first-order valence-electron chi connectivity index (χ1n) is 8.61. The number of alkyl halides is 4. The highest BCUT2D eigenvalue weighted by molar-refractivity contribution is 6.27. The predicted octanol–water partition coefficient (Wildman–Crippen LogP) is 3.63. The van der Waals surface area contributed by atoms with Gasteiger partial charge in [-0.1, -0.05) is 6.08 Å². The number of carboxylic acid groups (broad SMARTS) is 1. The maximum Gasteiger partial charge on any atom is 0.354 e. The number of hydrogen-bond donors (Lipinski definition) is 2. The van der Waals surface area contributed by atoms with Crippen LogP contribution in [-0.4, -0.2) is 58.8 Å². The lowest BCUT2D eigenvalue weighted by Gasteiger charge is -2.46. The number of amidine groups is 1. The second kappa shape index (κ2) is 9.96. The number of carboxylic acids is 1. The molecule has 1 aliphatic carbocycles. The lowest BCUT2D eigenvalue weighted by atomic mass is 9.77. The van der Waals surface area contributed by atoms with Gasteiger partial charge >= 0.3 is 5.97 Å². The van der Waals surface area contributed by atoms with Crippen LogP contribution in [0.3, 0.4) is 0 Å². The number of allylic oxidation sites excluding steroid dienone is 3. The van der Waals surface area contributed by atoms with E-state index < -0.39 is 48.5 Å². The number of halogens is 5. The van der Waals surface area contributed by atoms with Crippen molar-refractivity contribution in [3.63, 3.8) is 0 Å². The number of ether oxygens (including phenoxy) is 2. The third-order valence-corrected chi connectivity index (χ3v) is 5.02. The molecule has 31 heavy (non-hydrogen) atoms. The molecular weight excluding hydrogens is 448 g/mol. The van der Waals surface area contributed by atoms with Crippen LogP contribution >= 0.6 is 11.6 Å². The summed E-state index contributed by atoms with van der Waals surface area (Å²) in [5, 5.41) is 8.43. The fourth-order valence-electron chi connectivity index (χ4n) is 2.85. The summed E-state index contributed by atoms with van der Waals surface area (Å²) < 4.78 is 61.9. The molecule has 1 unspecified atom stereocenters. The molecule has 0 radical (unpaired) electrons. The number of carbonyl (C=O) groups is 1. The fraction of sp³-hybridized carbons (Fsp3) is 0.389. The standard InChI is InChI=1S/C11H12ClF3N3O.C7H6FNO3/c12-10(3-6(16)1-2-7(10)13)11(9(14)15)5-19-4-8(17)18-11;8-4-12-5-1-2-6(7(10)11)9-3-5/h1-2,9,16H,3-5H2,(H2,17,18);1-3H,4H2,(H,10,11)/q-1;/t10?,11-;/m1./s1. The first-order chi connectivity index (χ1) is 14.6. The highest BCUT2D eigenvalue weighted by Gasteiger charge is 2.61. The molecule has 4 N–H and O–H groups in total. The molecule has 0 bridgehead atoms. The van der Waals surface area contributed by atoms with Crippen LogP contribution in [0, 0.1) is 0 Å². The number of rotatable bonds is 5. The van der Waals surface area contributed by atoms with Crippen LogP contribution in [0.4, 0.5) is 17.6 Å². The normalized spacial score (nSPS) is 25.5. The zero-order valence-electron chi connectivity index (χ0n) is 15.8. The van der Waals surface area contributed by atoms with Crippen molar-refractivity contribution in [1.29, 1.82) is 0 Å². The average Bonchev–Trinajstić information content (AvgIpc) is 2.72. The second-order valence-corrected chi connectivity index (χ2v) is 7.09. The molecule has 0 aromatic carbocycles. The van der Waals surface area contributed by atoms with Gasteiger partial charge in [0, 0.05) is 0 Å². The maximum atomic E-state index is 14.0. The first-order valence-corrected chi connectivity index (χ1v) is 8.99. The van der Waals surface area contributed by atoms with Crippen LogP contribution < -0.4 is 10.5 Å². The van der Waals surface area contributed by atoms with Crippen molar-refractivity contribution in [3.05, 3.63) is 53.4 Å². The topological polar surface area (TPSA) is 131 Å². The maximum absolute atomic E-state index is 14.0. The minimum absolute atomic E-state index is 0.0595. The SMILES string of the molecule is O=C(O)c1ccc(OCF)cn1.[NH-]C1=CC=C(F)C(Cl)([C@]2(C(F)F)COCC(N)=N2)C1. The summed E-state index contributed by atoms with van der Waals surface area (Å²) in [5.74, 6) is -2.04. The number of aliphatic imine (C=N–C) groups is 1. The molecule has 0 saturated heterocycles. The molecule has 13 heteroatoms. The summed E-state index contributed by atoms with van der Waals surface area (Å²) in [4.78, 5) is 15.3. The Balaban J connectivity index is 0.000000245. The molecule has 2 atom stereocenters. The van der Waals surface area contributed by atoms with E-state index in [1.54, 1.807) is 0 Å². The van der Waals surface area contributed by atoms with E-state index in [0.29, 0.717) is 0 Å². The number of aromatic nitrogens is 1. The summed E-state index contributed by atoms with van der Waals surface area (Å²) in [7, 11) is 0. The third-order valence-electron chi connectivity index (χ3n) is 4.38. The quantitative estimate of drug-likeness (QED) is 0.504. The van der Waals surface area contributed by atoms with Gasteiger partial charge in [-0.05, 0) is 24.6 Å². The van der Waals surface area contributed by atoms with Crippen LogP contribution in [0.5, 0.6) is 5.75 Å². The van der Waals surface area contributed by atoms with Gasteiger partial charge in [0.1, 0.15) is 34.6 Å². The molecule has 0 fully saturated rings. The Hall–Kier alpha value is -2.86. The summed E-state index contributed by atoms with van der Waals surface area (Å²) in [6.45, 7) is -1.60. The number of aromatic carboxylic acids is 1. The third kappa shape index (κ3) is 5.25. The summed E-state index contributed by atoms with van der Waals surface area (Å²) in [6, 6.07) is 2.59. The van der Waals surface area contributed by atoms with Gasteiger partial charge in [0.05, 0.1) is 12.8 Å². The van der Waals surface area contributed by atoms with E-state index in [4.69, 9.17) is 32.9 Å². The Bertz CT molecular complexity index is 897. The van der Waals surface area contributed by atoms with Crippen molar-refractivity contribution in [3.8, 4) is 5.75 Å². The van der Waals surface area contributed by atoms with Gasteiger partial charge < -0.3 is 26.0 Å². The van der Waals surface area contributed by atoms with Crippen LogP contribution in [0.25, 0.3) is 5.73 Å². The number of nitrogens with one attached hydrogen (secondary N) is 1. The Morgan fingerprint density at radius 2 is 2.13 bits per heavy atom. The zero-order chi connectivity index (χ0) is 23.2. The fourth-order valence-corrected chi connectivity index (χ4v) is 3.23. The molecule has 2 heterocycles. The Morgan fingerprint density at radius 1 is 1.42 bits per heavy atom. The van der Waals surface area contributed by atoms with Crippen LogP contribution in [-0.2, 0) is 4.74 Å². The Kier molecular flexibility index (Phi) is 7.85. The number of nitrogens with zero attached hydrogens (tertiary/aromatic N) is 2. The molecule has 1 aromatic rings. The number of pyridine rings is 1. The van der Waals surface area contributed by atoms with Gasteiger partial charge in [0.2, 0.25) is 6.86 Å². The Labute approximate surface area is 179 Å². The van der Waals surface area contributed by atoms with Crippen LogP contribution in [0.15, 0.2) is 47.0 Å². The molecule has 1 aliphatic heterocycles. The van der Waals surface area contributed by atoms with E-state index in [1.165, 1.54) is 18.2 Å². The minimum Gasteiger partial charge on any atom is -0.702 e. The molecule has 1 aromatic heterocycles. The van der Waals surface area contributed by atoms with E-state index in [9.17, 15) is 22.4 Å². The van der Waals surface area contributed by atoms with Crippen LogP contribution in [0.2, 0.25) is 0 Å². The van der Waals surface area contributed by atoms with Gasteiger partial charge in [0.15, 0.2) is 5.54 Å². The van der Waals surface area contributed by atoms with Gasteiger partial charge in [-0.2, -0.15) is 5.70 Å². The number of nitrogens with two attached hydrogens (primary N) is 1. The lowest BCUT2D eigenvalue weighted by Crippen LogP contribution is -2.61. The summed E-state index contributed by atoms with van der Waals surface area (Å²) in [6.07, 6.45) is -0.242. The highest BCUT2D eigenvalue weighted by Crippen LogP contribution is 2.50. The van der Waals surface area contributed by atoms with Gasteiger partial charge in [-0.15, -0.1) is 11.6 Å². The lowest BCUT2D eigenvalue weighted by molar-refractivity contribution is -0.0296. The van der Waals surface area contributed by atoms with E-state index in [-0.39, 0.29) is 29.6 Å². The molecule has 170 valence electrons. The van der Waals surface area contributed by atoms with Crippen molar-refractivity contribution in [2.45, 2.75) is 23.3 Å². The average molecular weight is 466 g/mol. The summed E-state index contributed by atoms with van der Waals surface area (Å²) >= 11 is 6.09. The zero-order valence-corrected chi connectivity index (χ0v) is 16.6. The van der Waals surface area contributed by atoms with Gasteiger partial charge in [-0.3, -0.25) is 4.99 Å². The number of hydrogen-bond acceptors (Lipinski definition) is 6. The second-order valence-electron chi connectivity index (χ2n) is 6.44. The van der Waals surface area contributed by atoms with Crippen molar-refractivity contribution < 1.29 is 36.9 Å². The molecule has 3 rings (SSSR count). The van der Waals surface area contributed by atoms with Crippen molar-refractivity contribution in [2.24, 2.45) is 10.7 Å². The molecule has 0 amide bonds. The van der Waals surface area contributed by atoms with E-state index in [2.05, 4.69) is 14.7 Å². The monoisotopic (exact) mass is 465 g/mol. The van der Waals surface area contributed by atoms with Crippen molar-refractivity contribution in [2.75, 3.05) is 20.1 Å². The largest absolute Gasteiger partial charge is 0.702 e. The smallest absolute Gasteiger partial charge is 0.354 e. The van der Waals surface area contributed by atoms with Crippen molar-refractivity contribution in [1.82, 2.24) is 4.98 Å². The molecular formula is C18H18ClF4N4O4-. The van der Waals surface area contributed by atoms with E-state index in [1.807, 2.05) is 0 Å². The minimum atomic E-state index is -3.08. The highest BCUT2D eigenvalue weighted by atomic mass is 35.5.